The highest BCUT2D eigenvalue weighted by Gasteiger charge is 2.46. The van der Waals surface area contributed by atoms with Crippen LogP contribution >= 0.6 is 0 Å². The van der Waals surface area contributed by atoms with E-state index in [1.165, 1.54) is 0 Å². The lowest BCUT2D eigenvalue weighted by molar-refractivity contribution is -0.139. The molecular formula is C26H29N3O3. The third-order valence-electron chi connectivity index (χ3n) is 6.11. The maximum absolute atomic E-state index is 13.2. The van der Waals surface area contributed by atoms with E-state index in [1.807, 2.05) is 81.5 Å². The summed E-state index contributed by atoms with van der Waals surface area (Å²) >= 11 is 0. The normalized spacial score (nSPS) is 18.3. The minimum absolute atomic E-state index is 0.116. The Balaban J connectivity index is 1.89. The van der Waals surface area contributed by atoms with Gasteiger partial charge in [0.2, 0.25) is 0 Å². The number of rotatable bonds is 6. The minimum Gasteiger partial charge on any atom is -0.507 e. The van der Waals surface area contributed by atoms with Crippen molar-refractivity contribution in [3.8, 4) is 0 Å². The molecule has 1 saturated heterocycles. The second kappa shape index (κ2) is 8.63. The number of hydrogen-bond donors (Lipinski definition) is 2. The van der Waals surface area contributed by atoms with Crippen LogP contribution in [0.5, 0.6) is 0 Å². The first-order valence-corrected chi connectivity index (χ1v) is 10.9. The molecule has 1 fully saturated rings. The molecular weight excluding hydrogens is 402 g/mol. The first-order chi connectivity index (χ1) is 15.3. The summed E-state index contributed by atoms with van der Waals surface area (Å²) in [7, 11) is 3.96. The Morgan fingerprint density at radius 1 is 1.12 bits per heavy atom. The van der Waals surface area contributed by atoms with Gasteiger partial charge in [-0.05, 0) is 58.6 Å². The zero-order chi connectivity index (χ0) is 23.0. The molecule has 0 aliphatic carbocycles. The van der Waals surface area contributed by atoms with Crippen LogP contribution < -0.4 is 0 Å². The van der Waals surface area contributed by atoms with Gasteiger partial charge in [0.15, 0.2) is 0 Å². The van der Waals surface area contributed by atoms with E-state index in [1.54, 1.807) is 4.90 Å². The van der Waals surface area contributed by atoms with Crippen LogP contribution in [0.25, 0.3) is 16.7 Å². The second-order valence-electron chi connectivity index (χ2n) is 8.76. The average molecular weight is 432 g/mol. The van der Waals surface area contributed by atoms with Crippen LogP contribution in [0.15, 0.2) is 54.2 Å². The zero-order valence-electron chi connectivity index (χ0n) is 19.0. The quantitative estimate of drug-likeness (QED) is 0.349. The first-order valence-electron chi connectivity index (χ1n) is 10.9. The van der Waals surface area contributed by atoms with Gasteiger partial charge < -0.3 is 19.9 Å². The van der Waals surface area contributed by atoms with Gasteiger partial charge in [0.25, 0.3) is 11.7 Å². The summed E-state index contributed by atoms with van der Waals surface area (Å²) in [4.78, 5) is 33.3. The number of aromatic nitrogens is 1. The number of ketones is 1. The number of likely N-dealkylation sites (tertiary alicyclic amines) is 1. The standard InChI is InChI=1S/C26H29N3O3/c1-16-10-11-17(2)19(14-16)24(30)22-23(20-15-27-21-9-6-5-8-18(20)21)29(26(32)25(22)31)13-7-12-28(3)4/h5-6,8-11,14-15,23,27,30H,7,12-13H2,1-4H3/b24-22+. The number of aliphatic hydroxyl groups is 1. The molecule has 1 amide bonds. The summed E-state index contributed by atoms with van der Waals surface area (Å²) in [5.74, 6) is -1.32. The number of nitrogens with zero attached hydrogens (tertiary/aromatic N) is 2. The summed E-state index contributed by atoms with van der Waals surface area (Å²) in [5, 5.41) is 12.3. The van der Waals surface area contributed by atoms with Crippen LogP contribution in [0.1, 0.15) is 34.7 Å². The predicted octanol–water partition coefficient (Wildman–Crippen LogP) is 4.16. The zero-order valence-corrected chi connectivity index (χ0v) is 19.0. The summed E-state index contributed by atoms with van der Waals surface area (Å²) < 4.78 is 0. The van der Waals surface area contributed by atoms with Crippen molar-refractivity contribution < 1.29 is 14.7 Å². The maximum Gasteiger partial charge on any atom is 0.295 e. The fourth-order valence-electron chi connectivity index (χ4n) is 4.45. The lowest BCUT2D eigenvalue weighted by Gasteiger charge is -2.25. The topological polar surface area (TPSA) is 76.6 Å². The van der Waals surface area contributed by atoms with Crippen LogP contribution in [0.4, 0.5) is 0 Å². The third-order valence-corrected chi connectivity index (χ3v) is 6.11. The van der Waals surface area contributed by atoms with Crippen molar-refractivity contribution in [3.05, 3.63) is 76.5 Å². The highest BCUT2D eigenvalue weighted by atomic mass is 16.3. The van der Waals surface area contributed by atoms with Crippen molar-refractivity contribution in [1.82, 2.24) is 14.8 Å². The van der Waals surface area contributed by atoms with Gasteiger partial charge in [-0.15, -0.1) is 0 Å². The van der Waals surface area contributed by atoms with Crippen LogP contribution in [-0.4, -0.2) is 58.8 Å². The number of aryl methyl sites for hydroxylation is 2. The first kappa shape index (κ1) is 21.8. The number of Topliss-reactive ketones (excluding diaryl/α,β-unsaturated/α-hetero) is 1. The molecule has 0 spiro atoms. The van der Waals surface area contributed by atoms with Gasteiger partial charge in [-0.2, -0.15) is 0 Å². The largest absolute Gasteiger partial charge is 0.507 e. The number of fused-ring (bicyclic) bond motifs is 1. The molecule has 166 valence electrons. The molecule has 6 nitrogen and oxygen atoms in total. The Labute approximate surface area is 188 Å². The molecule has 32 heavy (non-hydrogen) atoms. The molecule has 1 aromatic heterocycles. The van der Waals surface area contributed by atoms with Crippen molar-refractivity contribution >= 4 is 28.4 Å². The Bertz CT molecular complexity index is 1220. The van der Waals surface area contributed by atoms with E-state index in [2.05, 4.69) is 4.98 Å². The molecule has 1 aliphatic rings. The number of hydrogen-bond acceptors (Lipinski definition) is 4. The number of benzene rings is 2. The number of carbonyl (C=O) groups is 2. The Morgan fingerprint density at radius 2 is 1.88 bits per heavy atom. The van der Waals surface area contributed by atoms with E-state index < -0.39 is 17.7 Å². The van der Waals surface area contributed by atoms with Crippen molar-refractivity contribution in [2.75, 3.05) is 27.2 Å². The van der Waals surface area contributed by atoms with Crippen molar-refractivity contribution in [2.45, 2.75) is 26.3 Å². The van der Waals surface area contributed by atoms with E-state index in [9.17, 15) is 14.7 Å². The molecule has 3 aromatic rings. The number of carbonyl (C=O) groups excluding carboxylic acids is 2. The van der Waals surface area contributed by atoms with Crippen molar-refractivity contribution in [3.63, 3.8) is 0 Å². The number of amides is 1. The maximum atomic E-state index is 13.2. The van der Waals surface area contributed by atoms with E-state index in [0.29, 0.717) is 12.1 Å². The number of aromatic amines is 1. The molecule has 2 N–H and O–H groups in total. The lowest BCUT2D eigenvalue weighted by Crippen LogP contribution is -2.32. The highest BCUT2D eigenvalue weighted by molar-refractivity contribution is 6.46. The van der Waals surface area contributed by atoms with E-state index in [0.717, 1.165) is 40.6 Å². The number of H-pyrrole nitrogens is 1. The average Bonchev–Trinajstić information content (AvgIpc) is 3.29. The Kier molecular flexibility index (Phi) is 5.89. The van der Waals surface area contributed by atoms with E-state index >= 15 is 0 Å². The molecule has 0 saturated carbocycles. The summed E-state index contributed by atoms with van der Waals surface area (Å²) in [6.07, 6.45) is 2.57. The smallest absolute Gasteiger partial charge is 0.295 e. The van der Waals surface area contributed by atoms with Crippen LogP contribution in [0.2, 0.25) is 0 Å². The van der Waals surface area contributed by atoms with Gasteiger partial charge in [-0.25, -0.2) is 0 Å². The summed E-state index contributed by atoms with van der Waals surface area (Å²) in [6, 6.07) is 12.9. The van der Waals surface area contributed by atoms with Crippen LogP contribution in [0.3, 0.4) is 0 Å². The molecule has 0 bridgehead atoms. The minimum atomic E-state index is -0.645. The molecule has 1 atom stereocenters. The van der Waals surface area contributed by atoms with Gasteiger partial charge in [0.1, 0.15) is 5.76 Å². The van der Waals surface area contributed by atoms with E-state index in [-0.39, 0.29) is 11.3 Å². The molecule has 2 aromatic carbocycles. The fraction of sp³-hybridized carbons (Fsp3) is 0.308. The van der Waals surface area contributed by atoms with Crippen LogP contribution in [-0.2, 0) is 9.59 Å². The molecule has 6 heteroatoms. The summed E-state index contributed by atoms with van der Waals surface area (Å²) in [6.45, 7) is 5.05. The third kappa shape index (κ3) is 3.82. The van der Waals surface area contributed by atoms with Gasteiger partial charge in [-0.3, -0.25) is 9.59 Å². The van der Waals surface area contributed by atoms with Gasteiger partial charge in [0.05, 0.1) is 11.6 Å². The number of para-hydroxylation sites is 1. The molecule has 1 unspecified atom stereocenters. The Morgan fingerprint density at radius 3 is 2.62 bits per heavy atom. The fourth-order valence-corrected chi connectivity index (χ4v) is 4.45. The Hall–Kier alpha value is -3.38. The van der Waals surface area contributed by atoms with Gasteiger partial charge in [0, 0.05) is 34.8 Å². The SMILES string of the molecule is Cc1ccc(C)c(/C(O)=C2\C(=O)C(=O)N(CCCN(C)C)C2c2c[nH]c3ccccc23)c1. The second-order valence-corrected chi connectivity index (χ2v) is 8.76. The van der Waals surface area contributed by atoms with Gasteiger partial charge >= 0.3 is 0 Å². The summed E-state index contributed by atoms with van der Waals surface area (Å²) in [5.41, 5.74) is 4.30. The number of aliphatic hydroxyl groups excluding tert-OH is 1. The number of nitrogens with one attached hydrogen (secondary N) is 1. The van der Waals surface area contributed by atoms with Gasteiger partial charge in [-0.1, -0.05) is 35.9 Å². The van der Waals surface area contributed by atoms with Crippen molar-refractivity contribution in [1.29, 1.82) is 0 Å². The predicted molar refractivity (Wildman–Crippen MR) is 126 cm³/mol. The molecule has 0 radical (unpaired) electrons. The molecule has 4 rings (SSSR count). The van der Waals surface area contributed by atoms with E-state index in [4.69, 9.17) is 0 Å². The lowest BCUT2D eigenvalue weighted by atomic mass is 9.93. The van der Waals surface area contributed by atoms with Crippen LogP contribution in [0, 0.1) is 13.8 Å². The highest BCUT2D eigenvalue weighted by Crippen LogP contribution is 2.42. The molecule has 1 aliphatic heterocycles. The van der Waals surface area contributed by atoms with Crippen molar-refractivity contribution in [2.24, 2.45) is 0 Å². The monoisotopic (exact) mass is 431 g/mol. The molecule has 2 heterocycles.